The van der Waals surface area contributed by atoms with Gasteiger partial charge in [-0.25, -0.2) is 9.37 Å². The van der Waals surface area contributed by atoms with Gasteiger partial charge in [-0.15, -0.1) is 5.10 Å². The first-order valence-corrected chi connectivity index (χ1v) is 10.3. The molecule has 0 bridgehead atoms. The van der Waals surface area contributed by atoms with E-state index in [1.54, 1.807) is 18.2 Å². The molecule has 1 saturated heterocycles. The summed E-state index contributed by atoms with van der Waals surface area (Å²) in [6.07, 6.45) is 5.05. The Kier molecular flexibility index (Phi) is 4.94. The molecule has 1 fully saturated rings. The van der Waals surface area contributed by atoms with Gasteiger partial charge in [0.1, 0.15) is 5.82 Å². The van der Waals surface area contributed by atoms with Gasteiger partial charge < -0.3 is 4.90 Å². The van der Waals surface area contributed by atoms with E-state index in [2.05, 4.69) is 49.2 Å². The van der Waals surface area contributed by atoms with E-state index in [4.69, 9.17) is 0 Å². The van der Waals surface area contributed by atoms with Crippen LogP contribution in [0.1, 0.15) is 17.5 Å². The molecule has 2 aromatic carbocycles. The summed E-state index contributed by atoms with van der Waals surface area (Å²) in [5.74, 6) is 0.292. The highest BCUT2D eigenvalue weighted by Crippen LogP contribution is 2.26. The predicted octanol–water partition coefficient (Wildman–Crippen LogP) is 3.36. The molecule has 5 rings (SSSR count). The number of hydrogen-bond donors (Lipinski definition) is 0. The fraction of sp³-hybridized carbons (Fsp3) is 0.348. The molecule has 29 heavy (non-hydrogen) atoms. The second-order valence-electron chi connectivity index (χ2n) is 7.81. The van der Waals surface area contributed by atoms with Crippen molar-refractivity contribution in [3.63, 3.8) is 0 Å². The normalized spacial score (nSPS) is 19.8. The molecule has 3 aromatic rings. The van der Waals surface area contributed by atoms with E-state index < -0.39 is 0 Å². The Morgan fingerprint density at radius 3 is 2.48 bits per heavy atom. The molecule has 2 aliphatic rings. The smallest absolute Gasteiger partial charge is 0.245 e. The molecule has 0 N–H and O–H groups in total. The van der Waals surface area contributed by atoms with Crippen LogP contribution in [0.25, 0.3) is 11.3 Å². The number of piperazine rings is 1. The van der Waals surface area contributed by atoms with Gasteiger partial charge in [0, 0.05) is 37.8 Å². The standard InChI is InChI=1S/C23H24FN5/c24-21-8-4-3-7-20(21)22-16-25-27-23(26-22)29-13-11-28(12-14-29)19-10-9-17-5-1-2-6-18(17)15-19/h1-8,16,19H,9-15H2. The van der Waals surface area contributed by atoms with Crippen LogP contribution in [0.5, 0.6) is 0 Å². The Morgan fingerprint density at radius 2 is 1.66 bits per heavy atom. The van der Waals surface area contributed by atoms with Gasteiger partial charge in [0.15, 0.2) is 0 Å². The van der Waals surface area contributed by atoms with Crippen molar-refractivity contribution in [2.24, 2.45) is 0 Å². The minimum Gasteiger partial charge on any atom is -0.337 e. The van der Waals surface area contributed by atoms with Crippen LogP contribution in [0.3, 0.4) is 0 Å². The lowest BCUT2D eigenvalue weighted by Crippen LogP contribution is -2.52. The quantitative estimate of drug-likeness (QED) is 0.687. The second-order valence-corrected chi connectivity index (χ2v) is 7.81. The fourth-order valence-electron chi connectivity index (χ4n) is 4.50. The number of benzene rings is 2. The molecule has 1 atom stereocenters. The predicted molar refractivity (Wildman–Crippen MR) is 111 cm³/mol. The van der Waals surface area contributed by atoms with Gasteiger partial charge >= 0.3 is 0 Å². The minimum atomic E-state index is -0.290. The highest BCUT2D eigenvalue weighted by molar-refractivity contribution is 5.59. The molecule has 6 heteroatoms. The van der Waals surface area contributed by atoms with E-state index >= 15 is 0 Å². The molecule has 0 spiro atoms. The van der Waals surface area contributed by atoms with Gasteiger partial charge in [-0.1, -0.05) is 36.4 Å². The first kappa shape index (κ1) is 18.2. The average molecular weight is 389 g/mol. The summed E-state index contributed by atoms with van der Waals surface area (Å²) in [7, 11) is 0. The van der Waals surface area contributed by atoms with Crippen LogP contribution in [0.2, 0.25) is 0 Å². The van der Waals surface area contributed by atoms with Crippen molar-refractivity contribution in [1.82, 2.24) is 20.1 Å². The Hall–Kier alpha value is -2.86. The third-order valence-electron chi connectivity index (χ3n) is 6.13. The molecule has 1 unspecified atom stereocenters. The molecule has 0 saturated carbocycles. The van der Waals surface area contributed by atoms with Crippen molar-refractivity contribution >= 4 is 5.95 Å². The number of rotatable bonds is 3. The van der Waals surface area contributed by atoms with Gasteiger partial charge in [-0.3, -0.25) is 4.90 Å². The molecule has 1 aliphatic heterocycles. The summed E-state index contributed by atoms with van der Waals surface area (Å²) in [5, 5.41) is 8.29. The molecule has 148 valence electrons. The van der Waals surface area contributed by atoms with Gasteiger partial charge in [0.25, 0.3) is 0 Å². The summed E-state index contributed by atoms with van der Waals surface area (Å²) in [5.41, 5.74) is 3.99. The Labute approximate surface area is 170 Å². The molecular formula is C23H24FN5. The number of aryl methyl sites for hydroxylation is 1. The third kappa shape index (κ3) is 3.72. The van der Waals surface area contributed by atoms with Gasteiger partial charge in [0.05, 0.1) is 11.9 Å². The van der Waals surface area contributed by atoms with E-state index in [-0.39, 0.29) is 5.82 Å². The van der Waals surface area contributed by atoms with E-state index in [1.807, 2.05) is 0 Å². The first-order chi connectivity index (χ1) is 14.3. The lowest BCUT2D eigenvalue weighted by Gasteiger charge is -2.41. The van der Waals surface area contributed by atoms with Crippen LogP contribution >= 0.6 is 0 Å². The monoisotopic (exact) mass is 389 g/mol. The third-order valence-corrected chi connectivity index (χ3v) is 6.13. The maximum Gasteiger partial charge on any atom is 0.245 e. The fourth-order valence-corrected chi connectivity index (χ4v) is 4.50. The number of nitrogens with zero attached hydrogens (tertiary/aromatic N) is 5. The molecule has 0 radical (unpaired) electrons. The van der Waals surface area contributed by atoms with Crippen LogP contribution in [-0.2, 0) is 12.8 Å². The van der Waals surface area contributed by atoms with Crippen LogP contribution in [0.4, 0.5) is 10.3 Å². The van der Waals surface area contributed by atoms with Gasteiger partial charge in [0.2, 0.25) is 5.95 Å². The van der Waals surface area contributed by atoms with E-state index in [0.717, 1.165) is 32.6 Å². The number of fused-ring (bicyclic) bond motifs is 1. The van der Waals surface area contributed by atoms with Crippen molar-refractivity contribution in [2.75, 3.05) is 31.1 Å². The van der Waals surface area contributed by atoms with Crippen molar-refractivity contribution in [2.45, 2.75) is 25.3 Å². The number of anilines is 1. The maximum atomic E-state index is 14.1. The largest absolute Gasteiger partial charge is 0.337 e. The summed E-state index contributed by atoms with van der Waals surface area (Å²) in [6, 6.07) is 16.1. The SMILES string of the molecule is Fc1ccccc1-c1cnnc(N2CCN(C3CCc4ccccc4C3)CC2)n1. The van der Waals surface area contributed by atoms with Crippen LogP contribution < -0.4 is 4.90 Å². The maximum absolute atomic E-state index is 14.1. The zero-order chi connectivity index (χ0) is 19.6. The summed E-state index contributed by atoms with van der Waals surface area (Å²) < 4.78 is 14.1. The topological polar surface area (TPSA) is 45.2 Å². The van der Waals surface area contributed by atoms with Crippen LogP contribution in [0.15, 0.2) is 54.7 Å². The molecular weight excluding hydrogens is 365 g/mol. The van der Waals surface area contributed by atoms with Crippen molar-refractivity contribution in [3.05, 3.63) is 71.7 Å². The van der Waals surface area contributed by atoms with Crippen LogP contribution in [0, 0.1) is 5.82 Å². The molecule has 0 amide bonds. The first-order valence-electron chi connectivity index (χ1n) is 10.3. The highest BCUT2D eigenvalue weighted by atomic mass is 19.1. The summed E-state index contributed by atoms with van der Waals surface area (Å²) in [4.78, 5) is 9.34. The van der Waals surface area contributed by atoms with E-state index in [0.29, 0.717) is 23.2 Å². The van der Waals surface area contributed by atoms with Crippen molar-refractivity contribution in [1.29, 1.82) is 0 Å². The van der Waals surface area contributed by atoms with Crippen molar-refractivity contribution < 1.29 is 4.39 Å². The number of hydrogen-bond acceptors (Lipinski definition) is 5. The van der Waals surface area contributed by atoms with Gasteiger partial charge in [-0.05, 0) is 42.5 Å². The van der Waals surface area contributed by atoms with Gasteiger partial charge in [-0.2, -0.15) is 5.10 Å². The zero-order valence-corrected chi connectivity index (χ0v) is 16.3. The van der Waals surface area contributed by atoms with Crippen molar-refractivity contribution in [3.8, 4) is 11.3 Å². The number of halogens is 1. The highest BCUT2D eigenvalue weighted by Gasteiger charge is 2.28. The Bertz CT molecular complexity index is 1000. The molecule has 5 nitrogen and oxygen atoms in total. The Balaban J connectivity index is 1.26. The average Bonchev–Trinajstić information content (AvgIpc) is 2.79. The van der Waals surface area contributed by atoms with E-state index in [1.165, 1.54) is 36.2 Å². The second kappa shape index (κ2) is 7.87. The summed E-state index contributed by atoms with van der Waals surface area (Å²) in [6.45, 7) is 3.70. The minimum absolute atomic E-state index is 0.290. The lowest BCUT2D eigenvalue weighted by molar-refractivity contribution is 0.169. The molecule has 2 heterocycles. The summed E-state index contributed by atoms with van der Waals surface area (Å²) >= 11 is 0. The van der Waals surface area contributed by atoms with Crippen LogP contribution in [-0.4, -0.2) is 52.3 Å². The molecule has 1 aliphatic carbocycles. The lowest BCUT2D eigenvalue weighted by atomic mass is 9.87. The Morgan fingerprint density at radius 1 is 0.897 bits per heavy atom. The number of aromatic nitrogens is 3. The molecule has 1 aromatic heterocycles. The zero-order valence-electron chi connectivity index (χ0n) is 16.3. The van der Waals surface area contributed by atoms with E-state index in [9.17, 15) is 4.39 Å².